The van der Waals surface area contributed by atoms with Crippen LogP contribution >= 0.6 is 23.1 Å². The Kier molecular flexibility index (Phi) is 4.22. The molecule has 156 valence electrons. The van der Waals surface area contributed by atoms with Crippen LogP contribution in [0.3, 0.4) is 0 Å². The molecule has 1 aromatic carbocycles. The summed E-state index contributed by atoms with van der Waals surface area (Å²) in [4.78, 5) is 12.5. The van der Waals surface area contributed by atoms with E-state index in [9.17, 15) is 9.18 Å². The molecule has 5 aromatic rings. The third kappa shape index (κ3) is 2.91. The maximum absolute atomic E-state index is 14.4. The second kappa shape index (κ2) is 6.99. The van der Waals surface area contributed by atoms with Crippen molar-refractivity contribution in [2.45, 2.75) is 29.8 Å². The van der Waals surface area contributed by atoms with Crippen molar-refractivity contribution in [2.24, 2.45) is 7.05 Å². The van der Waals surface area contributed by atoms with Crippen LogP contribution < -0.4 is 5.56 Å². The van der Waals surface area contributed by atoms with Gasteiger partial charge >= 0.3 is 0 Å². The molecule has 0 saturated heterocycles. The highest BCUT2D eigenvalue weighted by atomic mass is 32.2. The zero-order valence-electron chi connectivity index (χ0n) is 16.4. The minimum absolute atomic E-state index is 0.0768. The van der Waals surface area contributed by atoms with E-state index in [-0.39, 0.29) is 17.4 Å². The van der Waals surface area contributed by atoms with Gasteiger partial charge in [0.1, 0.15) is 16.3 Å². The molecule has 0 aliphatic heterocycles. The van der Waals surface area contributed by atoms with Crippen molar-refractivity contribution in [1.29, 1.82) is 0 Å². The van der Waals surface area contributed by atoms with Crippen LogP contribution in [-0.4, -0.2) is 33.9 Å². The first-order chi connectivity index (χ1) is 15.1. The van der Waals surface area contributed by atoms with Gasteiger partial charge in [-0.25, -0.2) is 4.39 Å². The Balaban J connectivity index is 1.40. The summed E-state index contributed by atoms with van der Waals surface area (Å²) >= 11 is 2.90. The molecular weight excluding hydrogens is 437 g/mol. The zero-order valence-corrected chi connectivity index (χ0v) is 18.0. The Labute approximate surface area is 183 Å². The van der Waals surface area contributed by atoms with Crippen molar-refractivity contribution < 1.29 is 4.39 Å². The molecule has 31 heavy (non-hydrogen) atoms. The largest absolute Gasteiger partial charge is 0.299 e. The molecule has 1 saturated carbocycles. The van der Waals surface area contributed by atoms with Crippen molar-refractivity contribution in [2.75, 3.05) is 0 Å². The SMILES string of the molecule is Cn1c(=O)c2sccc2n2c(CSc3nnc(-c4ccccc4F)n3C3CC3)nnc12. The number of fused-ring (bicyclic) bond motifs is 3. The number of benzene rings is 1. The quantitative estimate of drug-likeness (QED) is 0.378. The van der Waals surface area contributed by atoms with Crippen molar-refractivity contribution in [1.82, 2.24) is 33.9 Å². The van der Waals surface area contributed by atoms with E-state index in [1.807, 2.05) is 20.4 Å². The molecule has 1 fully saturated rings. The topological polar surface area (TPSA) is 82.9 Å². The average molecular weight is 454 g/mol. The van der Waals surface area contributed by atoms with Crippen LogP contribution in [0.25, 0.3) is 27.4 Å². The Morgan fingerprint density at radius 3 is 2.81 bits per heavy atom. The third-order valence-electron chi connectivity index (χ3n) is 5.42. The highest BCUT2D eigenvalue weighted by Crippen LogP contribution is 2.41. The summed E-state index contributed by atoms with van der Waals surface area (Å²) < 4.78 is 20.5. The first-order valence-corrected chi connectivity index (χ1v) is 11.6. The Bertz CT molecular complexity index is 1510. The van der Waals surface area contributed by atoms with Crippen molar-refractivity contribution in [3.63, 3.8) is 0 Å². The number of thiophene rings is 1. The van der Waals surface area contributed by atoms with Crippen LogP contribution in [0.15, 0.2) is 45.7 Å². The molecule has 1 aliphatic carbocycles. The van der Waals surface area contributed by atoms with E-state index >= 15 is 0 Å². The van der Waals surface area contributed by atoms with Gasteiger partial charge in [-0.15, -0.1) is 31.7 Å². The lowest BCUT2D eigenvalue weighted by atomic mass is 10.2. The lowest BCUT2D eigenvalue weighted by molar-refractivity contribution is 0.622. The molecule has 0 atom stereocenters. The number of aryl methyl sites for hydroxylation is 1. The third-order valence-corrected chi connectivity index (χ3v) is 7.25. The van der Waals surface area contributed by atoms with Crippen LogP contribution in [0, 0.1) is 5.82 Å². The smallest absolute Gasteiger partial charge is 0.272 e. The molecule has 4 heterocycles. The molecule has 6 rings (SSSR count). The maximum Gasteiger partial charge on any atom is 0.272 e. The summed E-state index contributed by atoms with van der Waals surface area (Å²) in [6, 6.07) is 8.83. The van der Waals surface area contributed by atoms with Crippen LogP contribution in [0.1, 0.15) is 24.7 Å². The lowest BCUT2D eigenvalue weighted by Gasteiger charge is -2.09. The van der Waals surface area contributed by atoms with Gasteiger partial charge in [-0.05, 0) is 36.4 Å². The van der Waals surface area contributed by atoms with Gasteiger partial charge in [-0.2, -0.15) is 0 Å². The van der Waals surface area contributed by atoms with Gasteiger partial charge in [0.2, 0.25) is 5.78 Å². The number of halogens is 1. The van der Waals surface area contributed by atoms with E-state index in [2.05, 4.69) is 20.4 Å². The minimum Gasteiger partial charge on any atom is -0.299 e. The fourth-order valence-corrected chi connectivity index (χ4v) is 5.51. The second-order valence-corrected chi connectivity index (χ2v) is 9.29. The highest BCUT2D eigenvalue weighted by Gasteiger charge is 2.31. The molecule has 1 aliphatic rings. The van der Waals surface area contributed by atoms with Gasteiger partial charge in [0.25, 0.3) is 5.56 Å². The van der Waals surface area contributed by atoms with E-state index in [1.165, 1.54) is 33.7 Å². The lowest BCUT2D eigenvalue weighted by Crippen LogP contribution is -2.19. The fourth-order valence-electron chi connectivity index (χ4n) is 3.74. The highest BCUT2D eigenvalue weighted by molar-refractivity contribution is 7.98. The summed E-state index contributed by atoms with van der Waals surface area (Å²) in [7, 11) is 1.70. The molecule has 0 spiro atoms. The molecular formula is C20H16FN7OS2. The van der Waals surface area contributed by atoms with Gasteiger partial charge < -0.3 is 0 Å². The van der Waals surface area contributed by atoms with Gasteiger partial charge in [0.15, 0.2) is 11.0 Å². The minimum atomic E-state index is -0.308. The number of nitrogens with zero attached hydrogens (tertiary/aromatic N) is 7. The number of hydrogen-bond donors (Lipinski definition) is 0. The van der Waals surface area contributed by atoms with Gasteiger partial charge in [-0.3, -0.25) is 18.3 Å². The van der Waals surface area contributed by atoms with Crippen molar-refractivity contribution in [3.05, 3.63) is 57.7 Å². The molecule has 0 unspecified atom stereocenters. The molecule has 8 nitrogen and oxygen atoms in total. The molecule has 0 radical (unpaired) electrons. The maximum atomic E-state index is 14.4. The Hall–Kier alpha value is -3.05. The van der Waals surface area contributed by atoms with Crippen LogP contribution in [0.5, 0.6) is 0 Å². The summed E-state index contributed by atoms with van der Waals surface area (Å²) in [6.45, 7) is 0. The van der Waals surface area contributed by atoms with E-state index in [1.54, 1.807) is 25.2 Å². The number of thioether (sulfide) groups is 1. The zero-order chi connectivity index (χ0) is 21.1. The first-order valence-electron chi connectivity index (χ1n) is 9.76. The van der Waals surface area contributed by atoms with Gasteiger partial charge in [-0.1, -0.05) is 23.9 Å². The molecule has 0 amide bonds. The number of aromatic nitrogens is 7. The van der Waals surface area contributed by atoms with E-state index in [4.69, 9.17) is 0 Å². The Morgan fingerprint density at radius 1 is 1.16 bits per heavy atom. The summed E-state index contributed by atoms with van der Waals surface area (Å²) in [5, 5.41) is 19.8. The first kappa shape index (κ1) is 18.7. The van der Waals surface area contributed by atoms with Crippen molar-refractivity contribution >= 4 is 39.1 Å². The summed E-state index contributed by atoms with van der Waals surface area (Å²) in [5.41, 5.74) is 1.18. The fraction of sp³-hybridized carbons (Fsp3) is 0.250. The average Bonchev–Trinajstić information content (AvgIpc) is 3.16. The second-order valence-electron chi connectivity index (χ2n) is 7.43. The number of hydrogen-bond acceptors (Lipinski definition) is 7. The van der Waals surface area contributed by atoms with E-state index in [0.29, 0.717) is 27.6 Å². The normalized spacial score (nSPS) is 14.1. The predicted molar refractivity (Wildman–Crippen MR) is 117 cm³/mol. The molecule has 0 bridgehead atoms. The van der Waals surface area contributed by atoms with Gasteiger partial charge in [0.05, 0.1) is 16.8 Å². The standard InChI is InChI=1S/C20H16FN7OS2/c1-26-18(29)16-14(8-9-30-16)28-15(22-24-19(26)28)10-31-20-25-23-17(27(20)11-6-7-11)12-4-2-3-5-13(12)21/h2-5,8-9,11H,6-7,10H2,1H3. The summed E-state index contributed by atoms with van der Waals surface area (Å²) in [5.74, 6) is 1.96. The van der Waals surface area contributed by atoms with Crippen LogP contribution in [0.2, 0.25) is 0 Å². The Morgan fingerprint density at radius 2 is 2.00 bits per heavy atom. The van der Waals surface area contributed by atoms with Crippen LogP contribution in [0.4, 0.5) is 4.39 Å². The van der Waals surface area contributed by atoms with Crippen molar-refractivity contribution in [3.8, 4) is 11.4 Å². The molecule has 4 aromatic heterocycles. The predicted octanol–water partition coefficient (Wildman–Crippen LogP) is 3.67. The number of rotatable bonds is 5. The molecule has 11 heteroatoms. The molecule has 0 N–H and O–H groups in total. The summed E-state index contributed by atoms with van der Waals surface area (Å²) in [6.07, 6.45) is 2.05. The van der Waals surface area contributed by atoms with E-state index < -0.39 is 0 Å². The van der Waals surface area contributed by atoms with Crippen LogP contribution in [-0.2, 0) is 12.8 Å². The monoisotopic (exact) mass is 453 g/mol. The van der Waals surface area contributed by atoms with E-state index in [0.717, 1.165) is 29.3 Å². The van der Waals surface area contributed by atoms with Gasteiger partial charge in [0, 0.05) is 13.1 Å².